The van der Waals surface area contributed by atoms with E-state index in [-0.39, 0.29) is 0 Å². The van der Waals surface area contributed by atoms with Crippen LogP contribution in [0.5, 0.6) is 0 Å². The van der Waals surface area contributed by atoms with Crippen LogP contribution in [0.4, 0.5) is 5.95 Å². The lowest BCUT2D eigenvalue weighted by Gasteiger charge is -1.98. The summed E-state index contributed by atoms with van der Waals surface area (Å²) in [5, 5.41) is 11.5. The maximum absolute atomic E-state index is 5.62. The number of aryl methyl sites for hydroxylation is 2. The van der Waals surface area contributed by atoms with E-state index in [9.17, 15) is 0 Å². The average molecular weight is 220 g/mol. The Morgan fingerprint density at radius 3 is 2.81 bits per heavy atom. The van der Waals surface area contributed by atoms with E-state index in [0.717, 1.165) is 5.76 Å². The Kier molecular flexibility index (Phi) is 2.59. The van der Waals surface area contributed by atoms with Crippen LogP contribution < -0.4 is 11.3 Å². The van der Waals surface area contributed by atoms with Gasteiger partial charge in [-0.2, -0.15) is 5.10 Å². The molecule has 0 aromatic carbocycles. The van der Waals surface area contributed by atoms with E-state index >= 15 is 0 Å². The third kappa shape index (κ3) is 2.02. The normalized spacial score (nSPS) is 11.1. The van der Waals surface area contributed by atoms with Crippen LogP contribution in [0.3, 0.4) is 0 Å². The number of anilines is 1. The highest BCUT2D eigenvalue weighted by Crippen LogP contribution is 2.04. The van der Waals surface area contributed by atoms with E-state index in [1.165, 1.54) is 10.9 Å². The zero-order valence-electron chi connectivity index (χ0n) is 9.01. The Balaban J connectivity index is 2.02. The zero-order chi connectivity index (χ0) is 11.5. The topological polar surface area (TPSA) is 94.3 Å². The lowest BCUT2D eigenvalue weighted by molar-refractivity contribution is 0.528. The van der Waals surface area contributed by atoms with Gasteiger partial charge < -0.3 is 10.3 Å². The lowest BCUT2D eigenvalue weighted by Crippen LogP contribution is -2.13. The molecule has 2 aromatic heterocycles. The second kappa shape index (κ2) is 4.05. The van der Waals surface area contributed by atoms with Crippen molar-refractivity contribution in [3.63, 3.8) is 0 Å². The van der Waals surface area contributed by atoms with E-state index < -0.39 is 0 Å². The van der Waals surface area contributed by atoms with Crippen molar-refractivity contribution in [2.24, 2.45) is 5.10 Å². The minimum Gasteiger partial charge on any atom is -0.460 e. The Morgan fingerprint density at radius 1 is 1.44 bits per heavy atom. The minimum atomic E-state index is 0.372. The van der Waals surface area contributed by atoms with Crippen LogP contribution in [0.2, 0.25) is 0 Å². The molecule has 16 heavy (non-hydrogen) atoms. The molecule has 0 aliphatic carbocycles. The smallest absolute Gasteiger partial charge is 0.263 e. The molecule has 0 aliphatic rings. The third-order valence-electron chi connectivity index (χ3n) is 1.98. The summed E-state index contributed by atoms with van der Waals surface area (Å²) < 4.78 is 6.60. The van der Waals surface area contributed by atoms with E-state index in [2.05, 4.69) is 20.7 Å². The number of nitrogens with two attached hydrogens (primary N) is 1. The number of nitrogens with one attached hydrogen (secondary N) is 1. The van der Waals surface area contributed by atoms with Crippen molar-refractivity contribution in [3.8, 4) is 0 Å². The van der Waals surface area contributed by atoms with Crippen LogP contribution in [0.15, 0.2) is 21.7 Å². The number of nitrogen functional groups attached to an aromatic ring is 1. The molecule has 0 amide bonds. The van der Waals surface area contributed by atoms with Crippen LogP contribution in [-0.2, 0) is 0 Å². The number of hydrazone groups is 1. The molecule has 2 heterocycles. The highest BCUT2D eigenvalue weighted by atomic mass is 16.3. The lowest BCUT2D eigenvalue weighted by atomic mass is 10.4. The number of hydrogen-bond donors (Lipinski definition) is 2. The van der Waals surface area contributed by atoms with Gasteiger partial charge in [-0.25, -0.2) is 10.1 Å². The van der Waals surface area contributed by atoms with Crippen LogP contribution in [0, 0.1) is 13.8 Å². The summed E-state index contributed by atoms with van der Waals surface area (Å²) in [6.07, 6.45) is 1.54. The van der Waals surface area contributed by atoms with E-state index in [0.29, 0.717) is 17.5 Å². The van der Waals surface area contributed by atoms with Crippen LogP contribution in [0.25, 0.3) is 0 Å². The molecule has 0 unspecified atom stereocenters. The van der Waals surface area contributed by atoms with Crippen molar-refractivity contribution in [2.75, 3.05) is 11.3 Å². The Labute approximate surface area is 91.9 Å². The van der Waals surface area contributed by atoms with Gasteiger partial charge in [-0.1, -0.05) is 0 Å². The summed E-state index contributed by atoms with van der Waals surface area (Å²) in [5.74, 6) is 8.08. The second-order valence-corrected chi connectivity index (χ2v) is 3.26. The predicted octanol–water partition coefficient (Wildman–Crippen LogP) is 0.648. The van der Waals surface area contributed by atoms with Gasteiger partial charge in [0.2, 0.25) is 0 Å². The largest absolute Gasteiger partial charge is 0.460 e. The number of hydrogen-bond acceptors (Lipinski definition) is 6. The second-order valence-electron chi connectivity index (χ2n) is 3.26. The molecule has 0 radical (unpaired) electrons. The Hall–Kier alpha value is -2.31. The quantitative estimate of drug-likeness (QED) is 0.450. The molecule has 7 nitrogen and oxygen atoms in total. The molecule has 0 aliphatic heterocycles. The third-order valence-corrected chi connectivity index (χ3v) is 1.98. The first-order valence-electron chi connectivity index (χ1n) is 4.69. The molecule has 0 bridgehead atoms. The Morgan fingerprint density at radius 2 is 2.25 bits per heavy atom. The predicted molar refractivity (Wildman–Crippen MR) is 59.6 cm³/mol. The first-order chi connectivity index (χ1) is 7.66. The number of aromatic nitrogens is 3. The SMILES string of the molecule is Cc1ccc(/C=N/Nc2nnc(C)n2N)o1. The zero-order valence-corrected chi connectivity index (χ0v) is 9.01. The number of nitrogens with zero attached hydrogens (tertiary/aromatic N) is 4. The fourth-order valence-electron chi connectivity index (χ4n) is 1.12. The molecule has 0 spiro atoms. The first-order valence-corrected chi connectivity index (χ1v) is 4.69. The van der Waals surface area contributed by atoms with E-state index in [4.69, 9.17) is 10.3 Å². The summed E-state index contributed by atoms with van der Waals surface area (Å²) in [6, 6.07) is 3.68. The highest BCUT2D eigenvalue weighted by molar-refractivity contribution is 5.76. The van der Waals surface area contributed by atoms with Gasteiger partial charge in [-0.05, 0) is 26.0 Å². The number of furan rings is 1. The molecular formula is C9H12N6O. The highest BCUT2D eigenvalue weighted by Gasteiger charge is 2.02. The molecule has 0 fully saturated rings. The molecule has 0 saturated heterocycles. The van der Waals surface area contributed by atoms with Crippen molar-refractivity contribution >= 4 is 12.2 Å². The molecule has 2 rings (SSSR count). The van der Waals surface area contributed by atoms with E-state index in [1.54, 1.807) is 6.92 Å². The fourth-order valence-corrected chi connectivity index (χ4v) is 1.12. The molecular weight excluding hydrogens is 208 g/mol. The summed E-state index contributed by atoms with van der Waals surface area (Å²) in [4.78, 5) is 0. The van der Waals surface area contributed by atoms with Gasteiger partial charge in [0, 0.05) is 0 Å². The van der Waals surface area contributed by atoms with E-state index in [1.807, 2.05) is 19.1 Å². The van der Waals surface area contributed by atoms with Crippen molar-refractivity contribution in [1.82, 2.24) is 14.9 Å². The van der Waals surface area contributed by atoms with Crippen LogP contribution in [-0.4, -0.2) is 21.1 Å². The van der Waals surface area contributed by atoms with Crippen molar-refractivity contribution < 1.29 is 4.42 Å². The minimum absolute atomic E-state index is 0.372. The first kappa shape index (κ1) is 10.2. The van der Waals surface area contributed by atoms with Gasteiger partial charge in [0.15, 0.2) is 5.82 Å². The molecule has 0 atom stereocenters. The van der Waals surface area contributed by atoms with Gasteiger partial charge in [0.1, 0.15) is 11.5 Å². The monoisotopic (exact) mass is 220 g/mol. The Bertz CT molecular complexity index is 512. The van der Waals surface area contributed by atoms with Gasteiger partial charge >= 0.3 is 0 Å². The number of rotatable bonds is 3. The molecule has 7 heteroatoms. The molecule has 2 aromatic rings. The molecule has 84 valence electrons. The summed E-state index contributed by atoms with van der Waals surface area (Å²) in [6.45, 7) is 3.61. The van der Waals surface area contributed by atoms with Crippen LogP contribution in [0.1, 0.15) is 17.3 Å². The van der Waals surface area contributed by atoms with Crippen molar-refractivity contribution in [3.05, 3.63) is 29.5 Å². The summed E-state index contributed by atoms with van der Waals surface area (Å²) in [5.41, 5.74) is 2.67. The summed E-state index contributed by atoms with van der Waals surface area (Å²) in [7, 11) is 0. The van der Waals surface area contributed by atoms with Crippen molar-refractivity contribution in [2.45, 2.75) is 13.8 Å². The summed E-state index contributed by atoms with van der Waals surface area (Å²) >= 11 is 0. The maximum Gasteiger partial charge on any atom is 0.263 e. The molecule has 0 saturated carbocycles. The average Bonchev–Trinajstić information content (AvgIpc) is 2.79. The standard InChI is InChI=1S/C9H12N6O/c1-6-3-4-8(16-6)5-11-13-9-14-12-7(2)15(9)10/h3-5H,10H2,1-2H3,(H,13,14)/b11-5+. The van der Waals surface area contributed by atoms with Crippen LogP contribution >= 0.6 is 0 Å². The maximum atomic E-state index is 5.62. The fraction of sp³-hybridized carbons (Fsp3) is 0.222. The van der Waals surface area contributed by atoms with Gasteiger partial charge in [-0.3, -0.25) is 0 Å². The van der Waals surface area contributed by atoms with Gasteiger partial charge in [0.25, 0.3) is 5.95 Å². The van der Waals surface area contributed by atoms with Crippen molar-refractivity contribution in [1.29, 1.82) is 0 Å². The molecule has 3 N–H and O–H groups in total. The van der Waals surface area contributed by atoms with Gasteiger partial charge in [-0.15, -0.1) is 10.2 Å². The van der Waals surface area contributed by atoms with Gasteiger partial charge in [0.05, 0.1) is 6.21 Å².